The van der Waals surface area contributed by atoms with Crippen molar-refractivity contribution in [3.05, 3.63) is 47.8 Å². The summed E-state index contributed by atoms with van der Waals surface area (Å²) in [5.41, 5.74) is 0.0648. The lowest BCUT2D eigenvalue weighted by molar-refractivity contribution is 0.0590. The normalized spacial score (nSPS) is 10.2. The smallest absolute Gasteiger partial charge is 0.343 e. The van der Waals surface area contributed by atoms with Crippen LogP contribution in [0.25, 0.3) is 11.1 Å². The fourth-order valence-electron chi connectivity index (χ4n) is 1.50. The number of halogens is 2. The second-order valence-corrected chi connectivity index (χ2v) is 3.44. The largest absolute Gasteiger partial charge is 0.465 e. The maximum absolute atomic E-state index is 13.7. The van der Waals surface area contributed by atoms with Crippen molar-refractivity contribution in [3.63, 3.8) is 0 Å². The Morgan fingerprint density at radius 1 is 1.17 bits per heavy atom. The van der Waals surface area contributed by atoms with Crippen molar-refractivity contribution in [1.82, 2.24) is 10.2 Å². The van der Waals surface area contributed by atoms with Gasteiger partial charge in [0.25, 0.3) is 0 Å². The van der Waals surface area contributed by atoms with Gasteiger partial charge in [-0.25, -0.2) is 13.6 Å². The van der Waals surface area contributed by atoms with Gasteiger partial charge in [-0.3, -0.25) is 0 Å². The first-order valence-corrected chi connectivity index (χ1v) is 4.98. The molecule has 0 aliphatic heterocycles. The van der Waals surface area contributed by atoms with Gasteiger partial charge in [0.2, 0.25) is 0 Å². The summed E-state index contributed by atoms with van der Waals surface area (Å²) in [4.78, 5) is 11.2. The zero-order valence-corrected chi connectivity index (χ0v) is 9.35. The molecule has 2 aromatic rings. The highest BCUT2D eigenvalue weighted by Gasteiger charge is 2.19. The van der Waals surface area contributed by atoms with Gasteiger partial charge in [0.1, 0.15) is 17.2 Å². The molecule has 1 heterocycles. The molecule has 92 valence electrons. The number of hydrogen-bond acceptors (Lipinski definition) is 4. The fraction of sp³-hybridized carbons (Fsp3) is 0.0833. The van der Waals surface area contributed by atoms with Crippen molar-refractivity contribution < 1.29 is 18.3 Å². The molecule has 0 bridgehead atoms. The van der Waals surface area contributed by atoms with Crippen molar-refractivity contribution in [1.29, 1.82) is 0 Å². The molecule has 0 aliphatic rings. The predicted molar refractivity (Wildman–Crippen MR) is 58.7 cm³/mol. The number of aromatic nitrogens is 2. The molecule has 0 radical (unpaired) electrons. The summed E-state index contributed by atoms with van der Waals surface area (Å²) in [6.07, 6.45) is 2.77. The molecule has 0 atom stereocenters. The summed E-state index contributed by atoms with van der Waals surface area (Å²) in [5, 5.41) is 7.17. The van der Waals surface area contributed by atoms with Crippen LogP contribution in [-0.2, 0) is 4.74 Å². The number of nitrogens with zero attached hydrogens (tertiary/aromatic N) is 2. The number of benzene rings is 1. The van der Waals surface area contributed by atoms with Crippen LogP contribution < -0.4 is 0 Å². The van der Waals surface area contributed by atoms with Gasteiger partial charge in [0.15, 0.2) is 0 Å². The van der Waals surface area contributed by atoms with Gasteiger partial charge in [-0.2, -0.15) is 10.2 Å². The highest BCUT2D eigenvalue weighted by molar-refractivity contribution is 5.90. The second-order valence-electron chi connectivity index (χ2n) is 3.44. The number of methoxy groups -OCH3 is 1. The second kappa shape index (κ2) is 4.87. The van der Waals surface area contributed by atoms with E-state index in [1.54, 1.807) is 6.07 Å². The van der Waals surface area contributed by atoms with Gasteiger partial charge in [-0.15, -0.1) is 0 Å². The van der Waals surface area contributed by atoms with E-state index in [1.165, 1.54) is 12.4 Å². The first-order valence-electron chi connectivity index (χ1n) is 4.98. The predicted octanol–water partition coefficient (Wildman–Crippen LogP) is 2.21. The monoisotopic (exact) mass is 250 g/mol. The van der Waals surface area contributed by atoms with Crippen molar-refractivity contribution >= 4 is 5.97 Å². The number of rotatable bonds is 2. The molecular weight excluding hydrogens is 242 g/mol. The summed E-state index contributed by atoms with van der Waals surface area (Å²) < 4.78 is 31.6. The number of carbonyl (C=O) groups excluding carboxylic acids is 1. The molecule has 2 rings (SSSR count). The van der Waals surface area contributed by atoms with Gasteiger partial charge in [-0.05, 0) is 23.8 Å². The molecule has 0 amide bonds. The van der Waals surface area contributed by atoms with E-state index in [0.29, 0.717) is 5.56 Å². The topological polar surface area (TPSA) is 52.1 Å². The van der Waals surface area contributed by atoms with E-state index in [4.69, 9.17) is 0 Å². The first kappa shape index (κ1) is 12.1. The van der Waals surface area contributed by atoms with Crippen molar-refractivity contribution in [3.8, 4) is 11.1 Å². The Morgan fingerprint density at radius 3 is 2.33 bits per heavy atom. The molecule has 18 heavy (non-hydrogen) atoms. The SMILES string of the molecule is COC(=O)c1c(F)cc(-c2ccnnc2)cc1F. The average molecular weight is 250 g/mol. The van der Waals surface area contributed by atoms with Crippen molar-refractivity contribution in [2.75, 3.05) is 7.11 Å². The zero-order chi connectivity index (χ0) is 13.1. The third kappa shape index (κ3) is 2.17. The van der Waals surface area contributed by atoms with Gasteiger partial charge in [0.05, 0.1) is 19.5 Å². The van der Waals surface area contributed by atoms with E-state index in [1.807, 2.05) is 0 Å². The Labute approximate surface area is 101 Å². The third-order valence-electron chi connectivity index (χ3n) is 2.35. The maximum Gasteiger partial charge on any atom is 0.343 e. The molecule has 0 N–H and O–H groups in total. The number of esters is 1. The number of carbonyl (C=O) groups is 1. The van der Waals surface area contributed by atoms with Crippen LogP contribution in [0.1, 0.15) is 10.4 Å². The summed E-state index contributed by atoms with van der Waals surface area (Å²) in [5.74, 6) is -3.01. The molecule has 0 saturated carbocycles. The lowest BCUT2D eigenvalue weighted by Crippen LogP contribution is -2.08. The molecule has 1 aromatic heterocycles. The third-order valence-corrected chi connectivity index (χ3v) is 2.35. The van der Waals surface area contributed by atoms with Crippen LogP contribution in [0.15, 0.2) is 30.6 Å². The van der Waals surface area contributed by atoms with Gasteiger partial charge in [0, 0.05) is 5.56 Å². The molecule has 0 fully saturated rings. The summed E-state index contributed by atoms with van der Waals surface area (Å²) in [7, 11) is 1.06. The summed E-state index contributed by atoms with van der Waals surface area (Å²) >= 11 is 0. The van der Waals surface area contributed by atoms with Gasteiger partial charge < -0.3 is 4.74 Å². The van der Waals surface area contributed by atoms with Crippen LogP contribution in [0.5, 0.6) is 0 Å². The Kier molecular flexibility index (Phi) is 3.27. The molecule has 0 saturated heterocycles. The van der Waals surface area contributed by atoms with Crippen LogP contribution in [0.4, 0.5) is 8.78 Å². The highest BCUT2D eigenvalue weighted by atomic mass is 19.1. The van der Waals surface area contributed by atoms with Crippen LogP contribution in [0.2, 0.25) is 0 Å². The van der Waals surface area contributed by atoms with E-state index in [0.717, 1.165) is 19.2 Å². The van der Waals surface area contributed by atoms with Crippen LogP contribution in [0.3, 0.4) is 0 Å². The minimum absolute atomic E-state index is 0.271. The molecule has 0 unspecified atom stereocenters. The Morgan fingerprint density at radius 2 is 1.83 bits per heavy atom. The van der Waals surface area contributed by atoms with Gasteiger partial charge in [-0.1, -0.05) is 0 Å². The van der Waals surface area contributed by atoms with Crippen molar-refractivity contribution in [2.45, 2.75) is 0 Å². The standard InChI is InChI=1S/C12H8F2N2O2/c1-18-12(17)11-9(13)4-8(5-10(11)14)7-2-3-15-16-6-7/h2-6H,1H3. The highest BCUT2D eigenvalue weighted by Crippen LogP contribution is 2.23. The fourth-order valence-corrected chi connectivity index (χ4v) is 1.50. The zero-order valence-electron chi connectivity index (χ0n) is 9.35. The van der Waals surface area contributed by atoms with E-state index < -0.39 is 23.2 Å². The quantitative estimate of drug-likeness (QED) is 0.767. The lowest BCUT2D eigenvalue weighted by atomic mass is 10.0. The Balaban J connectivity index is 2.53. The van der Waals surface area contributed by atoms with Crippen LogP contribution >= 0.6 is 0 Å². The van der Waals surface area contributed by atoms with Crippen molar-refractivity contribution in [2.24, 2.45) is 0 Å². The van der Waals surface area contributed by atoms with E-state index in [9.17, 15) is 13.6 Å². The molecular formula is C12H8F2N2O2. The molecule has 6 heteroatoms. The number of hydrogen-bond donors (Lipinski definition) is 0. The number of ether oxygens (including phenoxy) is 1. The van der Waals surface area contributed by atoms with Gasteiger partial charge >= 0.3 is 5.97 Å². The molecule has 0 spiro atoms. The molecule has 0 aliphatic carbocycles. The molecule has 4 nitrogen and oxygen atoms in total. The summed E-state index contributed by atoms with van der Waals surface area (Å²) in [6.45, 7) is 0. The Bertz CT molecular complexity index is 565. The maximum atomic E-state index is 13.7. The van der Waals surface area contributed by atoms with E-state index >= 15 is 0 Å². The minimum atomic E-state index is -1.05. The summed E-state index contributed by atoms with van der Waals surface area (Å²) in [6, 6.07) is 3.65. The first-order chi connectivity index (χ1) is 8.63. The van der Waals surface area contributed by atoms with Crippen LogP contribution in [0, 0.1) is 11.6 Å². The van der Waals surface area contributed by atoms with E-state index in [-0.39, 0.29) is 5.56 Å². The average Bonchev–Trinajstić information content (AvgIpc) is 2.38. The molecule has 1 aromatic carbocycles. The lowest BCUT2D eigenvalue weighted by Gasteiger charge is -2.06. The van der Waals surface area contributed by atoms with Crippen LogP contribution in [-0.4, -0.2) is 23.3 Å². The van der Waals surface area contributed by atoms with E-state index in [2.05, 4.69) is 14.9 Å². The minimum Gasteiger partial charge on any atom is -0.465 e. The Hall–Kier alpha value is -2.37.